The van der Waals surface area contributed by atoms with E-state index >= 15 is 0 Å². The molecule has 0 saturated carbocycles. The van der Waals surface area contributed by atoms with E-state index in [9.17, 15) is 14.7 Å². The van der Waals surface area contributed by atoms with Crippen LogP contribution in [0.25, 0.3) is 0 Å². The van der Waals surface area contributed by atoms with Crippen molar-refractivity contribution < 1.29 is 31.8 Å². The number of aromatic hydroxyl groups is 1. The molecule has 0 aromatic heterocycles. The van der Waals surface area contributed by atoms with Crippen LogP contribution in [0.15, 0.2) is 72.8 Å². The number of benzene rings is 1. The van der Waals surface area contributed by atoms with Crippen LogP contribution in [0.1, 0.15) is 35.7 Å². The summed E-state index contributed by atoms with van der Waals surface area (Å²) in [6, 6.07) is 21.6. The molecule has 0 atom stereocenters. The molecule has 2 N–H and O–H groups in total. The van der Waals surface area contributed by atoms with Gasteiger partial charge in [-0.1, -0.05) is 12.5 Å². The van der Waals surface area contributed by atoms with Gasteiger partial charge in [0.1, 0.15) is 5.75 Å². The summed E-state index contributed by atoms with van der Waals surface area (Å²) in [4.78, 5) is 23.7. The largest absolute Gasteiger partial charge is 0.748 e. The Hall–Kier alpha value is -3.06. The van der Waals surface area contributed by atoms with E-state index in [2.05, 4.69) is 17.2 Å². The molecule has 3 rings (SSSR count). The summed E-state index contributed by atoms with van der Waals surface area (Å²) in [5, 5.41) is 12.5. The van der Waals surface area contributed by atoms with Crippen LogP contribution in [0.4, 0.5) is 5.69 Å². The Morgan fingerprint density at radius 3 is 2.29 bits per heavy atom. The quantitative estimate of drug-likeness (QED) is 0.217. The SMILES string of the molecule is CCCC(=O)Nc1ccc(O)c(C(=O)C#C[c-]2cccc2)c1.[Fe].[cH-]1[cH-][cH-][cH-][cH-]1. The van der Waals surface area contributed by atoms with Crippen molar-refractivity contribution in [2.45, 2.75) is 19.8 Å². The number of phenolic OH excluding ortho intramolecular Hbond substituents is 1. The second-order valence-electron chi connectivity index (χ2n) is 5.75. The number of nitrogens with one attached hydrogen (secondary N) is 1. The van der Waals surface area contributed by atoms with Gasteiger partial charge in [0.15, 0.2) is 5.78 Å². The van der Waals surface area contributed by atoms with Crippen molar-refractivity contribution in [2.24, 2.45) is 0 Å². The van der Waals surface area contributed by atoms with Crippen molar-refractivity contribution >= 4 is 17.4 Å². The second-order valence-corrected chi connectivity index (χ2v) is 5.75. The number of phenols is 1. The van der Waals surface area contributed by atoms with Crippen LogP contribution in [0.3, 0.4) is 0 Å². The summed E-state index contributed by atoms with van der Waals surface area (Å²) < 4.78 is 0. The van der Waals surface area contributed by atoms with Crippen LogP contribution in [-0.2, 0) is 21.9 Å². The van der Waals surface area contributed by atoms with Crippen LogP contribution >= 0.6 is 0 Å². The van der Waals surface area contributed by atoms with E-state index in [0.29, 0.717) is 12.1 Å². The Kier molecular flexibility index (Phi) is 10.1. The van der Waals surface area contributed by atoms with Crippen LogP contribution in [0.2, 0.25) is 0 Å². The van der Waals surface area contributed by atoms with E-state index in [1.54, 1.807) is 18.2 Å². The fraction of sp³-hybridized carbons (Fsp3) is 0.130. The van der Waals surface area contributed by atoms with Gasteiger partial charge >= 0.3 is 0 Å². The summed E-state index contributed by atoms with van der Waals surface area (Å²) in [5.74, 6) is 4.44. The molecule has 4 nitrogen and oxygen atoms in total. The standard InChI is InChI=1S/C18H16NO3.C5H5.Fe/c1-2-5-18(22)19-14-9-11-17(21)15(12-14)16(20)10-8-13-6-3-4-7-13;1-2-4-5-3-1;/h3-4,6-7,9,11-12,21H,2,5H2,1H3,(H,19,22);1-5H;/q-1;-5;. The average Bonchev–Trinajstić information content (AvgIpc) is 3.38. The Morgan fingerprint density at radius 2 is 1.71 bits per heavy atom. The van der Waals surface area contributed by atoms with Crippen LogP contribution in [-0.4, -0.2) is 16.8 Å². The predicted octanol–water partition coefficient (Wildman–Crippen LogP) is 4.49. The molecule has 0 saturated heterocycles. The summed E-state index contributed by atoms with van der Waals surface area (Å²) in [7, 11) is 0. The van der Waals surface area contributed by atoms with Gasteiger partial charge in [0.05, 0.1) is 5.56 Å². The molecule has 3 aromatic rings. The van der Waals surface area contributed by atoms with Crippen molar-refractivity contribution in [1.82, 2.24) is 0 Å². The zero-order valence-electron chi connectivity index (χ0n) is 15.5. The van der Waals surface area contributed by atoms with E-state index in [-0.39, 0.29) is 34.3 Å². The van der Waals surface area contributed by atoms with E-state index in [4.69, 9.17) is 0 Å². The Balaban J connectivity index is 0.000000567. The van der Waals surface area contributed by atoms with Crippen molar-refractivity contribution in [1.29, 1.82) is 0 Å². The molecule has 0 aliphatic rings. The van der Waals surface area contributed by atoms with Gasteiger partial charge in [0.2, 0.25) is 5.91 Å². The monoisotopic (exact) mass is 415 g/mol. The number of hydrogen-bond donors (Lipinski definition) is 2. The van der Waals surface area contributed by atoms with Crippen molar-refractivity contribution in [3.05, 3.63) is 83.9 Å². The van der Waals surface area contributed by atoms with Gasteiger partial charge < -0.3 is 40.8 Å². The molecular formula is C23H21FeNO3-6. The first-order chi connectivity index (χ1) is 13.1. The molecule has 0 fully saturated rings. The van der Waals surface area contributed by atoms with Gasteiger partial charge in [-0.15, -0.1) is 18.1 Å². The summed E-state index contributed by atoms with van der Waals surface area (Å²) in [5.41, 5.74) is 1.28. The van der Waals surface area contributed by atoms with Gasteiger partial charge in [-0.3, -0.25) is 9.59 Å². The number of anilines is 1. The molecule has 0 radical (unpaired) electrons. The Morgan fingerprint density at radius 1 is 1.11 bits per heavy atom. The fourth-order valence-electron chi connectivity index (χ4n) is 2.22. The third-order valence-corrected chi connectivity index (χ3v) is 3.54. The predicted molar refractivity (Wildman–Crippen MR) is 107 cm³/mol. The first-order valence-corrected chi connectivity index (χ1v) is 8.67. The summed E-state index contributed by atoms with van der Waals surface area (Å²) in [6.45, 7) is 1.91. The van der Waals surface area contributed by atoms with E-state index < -0.39 is 5.78 Å². The molecule has 0 unspecified atom stereocenters. The minimum absolute atomic E-state index is 0. The van der Waals surface area contributed by atoms with E-state index in [1.165, 1.54) is 12.1 Å². The molecule has 0 heterocycles. The van der Waals surface area contributed by atoms with Gasteiger partial charge in [-0.25, -0.2) is 0 Å². The maximum absolute atomic E-state index is 12.1. The number of Topliss-reactive ketones (excluding diaryl/α,β-unsaturated/α-hetero) is 1. The zero-order chi connectivity index (χ0) is 19.5. The van der Waals surface area contributed by atoms with Gasteiger partial charge in [-0.05, 0) is 24.6 Å². The molecule has 150 valence electrons. The Bertz CT molecular complexity index is 899. The number of carbonyl (C=O) groups is 2. The van der Waals surface area contributed by atoms with E-state index in [0.717, 1.165) is 12.0 Å². The minimum atomic E-state index is -0.495. The third-order valence-electron chi connectivity index (χ3n) is 3.54. The minimum Gasteiger partial charge on any atom is -0.748 e. The van der Waals surface area contributed by atoms with Crippen LogP contribution in [0.5, 0.6) is 5.75 Å². The molecule has 5 heteroatoms. The van der Waals surface area contributed by atoms with Crippen molar-refractivity contribution in [3.63, 3.8) is 0 Å². The van der Waals surface area contributed by atoms with E-state index in [1.807, 2.05) is 49.4 Å². The first kappa shape index (κ1) is 23.0. The smallest absolute Gasteiger partial charge is 0.224 e. The second kappa shape index (κ2) is 12.3. The average molecular weight is 415 g/mol. The van der Waals surface area contributed by atoms with Gasteiger partial charge in [0.25, 0.3) is 0 Å². The Labute approximate surface area is 175 Å². The molecule has 0 spiro atoms. The molecule has 1 amide bonds. The maximum Gasteiger partial charge on any atom is 0.224 e. The fourth-order valence-corrected chi connectivity index (χ4v) is 2.22. The number of rotatable bonds is 4. The number of carbonyl (C=O) groups excluding carboxylic acids is 2. The number of amides is 1. The van der Waals surface area contributed by atoms with Crippen LogP contribution < -0.4 is 5.32 Å². The number of hydrogen-bond acceptors (Lipinski definition) is 3. The van der Waals surface area contributed by atoms with Crippen LogP contribution in [0, 0.1) is 11.8 Å². The molecular weight excluding hydrogens is 394 g/mol. The molecule has 0 aliphatic carbocycles. The van der Waals surface area contributed by atoms with Gasteiger partial charge in [-0.2, -0.15) is 18.1 Å². The maximum atomic E-state index is 12.1. The van der Waals surface area contributed by atoms with Gasteiger partial charge in [0, 0.05) is 29.2 Å². The normalized spacial score (nSPS) is 9.04. The zero-order valence-corrected chi connectivity index (χ0v) is 16.6. The number of ketones is 1. The topological polar surface area (TPSA) is 66.4 Å². The summed E-state index contributed by atoms with van der Waals surface area (Å²) in [6.07, 6.45) is 1.14. The summed E-state index contributed by atoms with van der Waals surface area (Å²) >= 11 is 0. The molecule has 3 aromatic carbocycles. The molecule has 28 heavy (non-hydrogen) atoms. The first-order valence-electron chi connectivity index (χ1n) is 8.67. The van der Waals surface area contributed by atoms with Crippen molar-refractivity contribution in [3.8, 4) is 17.6 Å². The molecule has 0 bridgehead atoms. The van der Waals surface area contributed by atoms with Crippen molar-refractivity contribution in [2.75, 3.05) is 5.32 Å². The third kappa shape index (κ3) is 7.67. The molecule has 0 aliphatic heterocycles.